The molecule has 80 valence electrons. The molecule has 2 unspecified atom stereocenters. The summed E-state index contributed by atoms with van der Waals surface area (Å²) in [6.45, 7) is 4.53. The van der Waals surface area contributed by atoms with Crippen molar-refractivity contribution in [1.29, 1.82) is 0 Å². The summed E-state index contributed by atoms with van der Waals surface area (Å²) in [4.78, 5) is 4.15. The van der Waals surface area contributed by atoms with Gasteiger partial charge in [-0.15, -0.1) is 0 Å². The predicted octanol–water partition coefficient (Wildman–Crippen LogP) is 2.12. The van der Waals surface area contributed by atoms with Gasteiger partial charge in [0.15, 0.2) is 0 Å². The number of nitrogens with one attached hydrogen (secondary N) is 1. The molecule has 0 aliphatic carbocycles. The van der Waals surface area contributed by atoms with Crippen LogP contribution < -0.4 is 5.32 Å². The highest BCUT2D eigenvalue weighted by atomic mass is 15.1. The van der Waals surface area contributed by atoms with Crippen molar-refractivity contribution in [3.63, 3.8) is 0 Å². The molecule has 3 nitrogen and oxygen atoms in total. The first-order chi connectivity index (χ1) is 6.69. The molecule has 3 heteroatoms. The van der Waals surface area contributed by atoms with Gasteiger partial charge in [0.2, 0.25) is 0 Å². The Hall–Kier alpha value is -0.830. The monoisotopic (exact) mass is 195 g/mol. The zero-order valence-electron chi connectivity index (χ0n) is 9.62. The minimum Gasteiger partial charge on any atom is -0.336 e. The van der Waals surface area contributed by atoms with Crippen molar-refractivity contribution in [1.82, 2.24) is 14.9 Å². The molecule has 1 heterocycles. The lowest BCUT2D eigenvalue weighted by Crippen LogP contribution is -2.21. The summed E-state index contributed by atoms with van der Waals surface area (Å²) < 4.78 is 2.09. The molecule has 0 saturated carbocycles. The molecular weight excluding hydrogens is 174 g/mol. The maximum absolute atomic E-state index is 4.15. The molecule has 0 bridgehead atoms. The zero-order chi connectivity index (χ0) is 10.6. The van der Waals surface area contributed by atoms with Gasteiger partial charge in [-0.2, -0.15) is 0 Å². The fourth-order valence-corrected chi connectivity index (χ4v) is 1.66. The van der Waals surface area contributed by atoms with Gasteiger partial charge in [-0.25, -0.2) is 4.98 Å². The Kier molecular flexibility index (Phi) is 4.14. The van der Waals surface area contributed by atoms with E-state index in [0.29, 0.717) is 6.04 Å². The highest BCUT2D eigenvalue weighted by Gasteiger charge is 2.14. The predicted molar refractivity (Wildman–Crippen MR) is 59.1 cm³/mol. The van der Waals surface area contributed by atoms with Crippen LogP contribution in [0.5, 0.6) is 0 Å². The van der Waals surface area contributed by atoms with Gasteiger partial charge in [0, 0.05) is 19.3 Å². The van der Waals surface area contributed by atoms with Crippen molar-refractivity contribution < 1.29 is 0 Å². The van der Waals surface area contributed by atoms with Crippen LogP contribution in [0.3, 0.4) is 0 Å². The van der Waals surface area contributed by atoms with Gasteiger partial charge in [0.25, 0.3) is 0 Å². The zero-order valence-corrected chi connectivity index (χ0v) is 9.62. The lowest BCUT2D eigenvalue weighted by molar-refractivity contribution is 0.409. The SMILES string of the molecule is CCC(C)CC(NC)c1cncn1C. The van der Waals surface area contributed by atoms with Crippen LogP contribution in [-0.2, 0) is 7.05 Å². The molecule has 0 spiro atoms. The van der Waals surface area contributed by atoms with Gasteiger partial charge in [-0.05, 0) is 19.4 Å². The molecular formula is C11H21N3. The largest absolute Gasteiger partial charge is 0.336 e. The van der Waals surface area contributed by atoms with E-state index >= 15 is 0 Å². The third-order valence-corrected chi connectivity index (χ3v) is 2.89. The van der Waals surface area contributed by atoms with Gasteiger partial charge in [-0.1, -0.05) is 20.3 Å². The first kappa shape index (κ1) is 11.2. The summed E-state index contributed by atoms with van der Waals surface area (Å²) in [5.41, 5.74) is 1.27. The molecule has 0 amide bonds. The van der Waals surface area contributed by atoms with Crippen molar-refractivity contribution in [3.05, 3.63) is 18.2 Å². The number of rotatable bonds is 5. The van der Waals surface area contributed by atoms with Crippen LogP contribution in [0, 0.1) is 5.92 Å². The Balaban J connectivity index is 2.67. The van der Waals surface area contributed by atoms with E-state index in [2.05, 4.69) is 28.7 Å². The minimum absolute atomic E-state index is 0.428. The van der Waals surface area contributed by atoms with E-state index in [-0.39, 0.29) is 0 Å². The van der Waals surface area contributed by atoms with Crippen molar-refractivity contribution in [3.8, 4) is 0 Å². The molecule has 1 aromatic rings. The molecule has 0 aliphatic heterocycles. The number of hydrogen-bond acceptors (Lipinski definition) is 2. The molecule has 0 saturated heterocycles. The van der Waals surface area contributed by atoms with E-state index in [4.69, 9.17) is 0 Å². The van der Waals surface area contributed by atoms with Crippen LogP contribution >= 0.6 is 0 Å². The molecule has 0 radical (unpaired) electrons. The molecule has 1 aromatic heterocycles. The van der Waals surface area contributed by atoms with Crippen LogP contribution in [0.15, 0.2) is 12.5 Å². The summed E-state index contributed by atoms with van der Waals surface area (Å²) in [5, 5.41) is 3.35. The van der Waals surface area contributed by atoms with Crippen LogP contribution in [0.1, 0.15) is 38.4 Å². The standard InChI is InChI=1S/C11H21N3/c1-5-9(2)6-10(12-3)11-7-13-8-14(11)4/h7-10,12H,5-6H2,1-4H3. The first-order valence-electron chi connectivity index (χ1n) is 5.32. The third-order valence-electron chi connectivity index (χ3n) is 2.89. The van der Waals surface area contributed by atoms with Crippen LogP contribution in [0.25, 0.3) is 0 Å². The second-order valence-electron chi connectivity index (χ2n) is 4.02. The van der Waals surface area contributed by atoms with E-state index < -0.39 is 0 Å². The molecule has 2 atom stereocenters. The van der Waals surface area contributed by atoms with Gasteiger partial charge in [-0.3, -0.25) is 0 Å². The Labute approximate surface area is 86.5 Å². The van der Waals surface area contributed by atoms with Crippen molar-refractivity contribution >= 4 is 0 Å². The Morgan fingerprint density at radius 2 is 2.29 bits per heavy atom. The summed E-state index contributed by atoms with van der Waals surface area (Å²) in [7, 11) is 4.06. The van der Waals surface area contributed by atoms with Gasteiger partial charge < -0.3 is 9.88 Å². The van der Waals surface area contributed by atoms with E-state index in [0.717, 1.165) is 5.92 Å². The maximum atomic E-state index is 4.15. The molecule has 1 rings (SSSR count). The Morgan fingerprint density at radius 1 is 1.57 bits per heavy atom. The molecule has 0 fully saturated rings. The fraction of sp³-hybridized carbons (Fsp3) is 0.727. The Morgan fingerprint density at radius 3 is 2.71 bits per heavy atom. The topological polar surface area (TPSA) is 29.9 Å². The van der Waals surface area contributed by atoms with E-state index in [1.165, 1.54) is 18.5 Å². The highest BCUT2D eigenvalue weighted by Crippen LogP contribution is 2.21. The third kappa shape index (κ3) is 2.58. The average molecular weight is 195 g/mol. The summed E-state index contributed by atoms with van der Waals surface area (Å²) >= 11 is 0. The quantitative estimate of drug-likeness (QED) is 0.780. The van der Waals surface area contributed by atoms with E-state index in [1.54, 1.807) is 0 Å². The van der Waals surface area contributed by atoms with Gasteiger partial charge in [0.1, 0.15) is 0 Å². The minimum atomic E-state index is 0.428. The Bertz CT molecular complexity index is 267. The van der Waals surface area contributed by atoms with Gasteiger partial charge in [0.05, 0.1) is 12.0 Å². The number of hydrogen-bond donors (Lipinski definition) is 1. The summed E-state index contributed by atoms with van der Waals surface area (Å²) in [6.07, 6.45) is 6.21. The van der Waals surface area contributed by atoms with Gasteiger partial charge >= 0.3 is 0 Å². The number of imidazole rings is 1. The van der Waals surface area contributed by atoms with Crippen molar-refractivity contribution in [2.24, 2.45) is 13.0 Å². The summed E-state index contributed by atoms with van der Waals surface area (Å²) in [5.74, 6) is 0.752. The lowest BCUT2D eigenvalue weighted by atomic mass is 9.98. The number of aromatic nitrogens is 2. The average Bonchev–Trinajstić information content (AvgIpc) is 2.60. The van der Waals surface area contributed by atoms with E-state index in [1.807, 2.05) is 26.6 Å². The molecule has 0 aliphatic rings. The summed E-state index contributed by atoms with van der Waals surface area (Å²) in [6, 6.07) is 0.428. The molecule has 0 aromatic carbocycles. The fourth-order valence-electron chi connectivity index (χ4n) is 1.66. The van der Waals surface area contributed by atoms with Crippen molar-refractivity contribution in [2.75, 3.05) is 7.05 Å². The van der Waals surface area contributed by atoms with Crippen LogP contribution in [-0.4, -0.2) is 16.6 Å². The van der Waals surface area contributed by atoms with E-state index in [9.17, 15) is 0 Å². The molecule has 14 heavy (non-hydrogen) atoms. The maximum Gasteiger partial charge on any atom is 0.0946 e. The first-order valence-corrected chi connectivity index (χ1v) is 5.32. The lowest BCUT2D eigenvalue weighted by Gasteiger charge is -2.19. The van der Waals surface area contributed by atoms with Crippen LogP contribution in [0.4, 0.5) is 0 Å². The number of nitrogens with zero attached hydrogens (tertiary/aromatic N) is 2. The van der Waals surface area contributed by atoms with Crippen LogP contribution in [0.2, 0.25) is 0 Å². The normalized spacial score (nSPS) is 15.4. The second kappa shape index (κ2) is 5.15. The molecule has 1 N–H and O–H groups in total. The second-order valence-corrected chi connectivity index (χ2v) is 4.02. The smallest absolute Gasteiger partial charge is 0.0946 e. The van der Waals surface area contributed by atoms with Crippen molar-refractivity contribution in [2.45, 2.75) is 32.7 Å². The highest BCUT2D eigenvalue weighted by molar-refractivity contribution is 5.04. The number of aryl methyl sites for hydroxylation is 1.